The van der Waals surface area contributed by atoms with E-state index < -0.39 is 0 Å². The minimum Gasteiger partial charge on any atom is -0.497 e. The van der Waals surface area contributed by atoms with Crippen molar-refractivity contribution in [3.8, 4) is 5.75 Å². The summed E-state index contributed by atoms with van der Waals surface area (Å²) in [5.41, 5.74) is 2.24. The van der Waals surface area contributed by atoms with Crippen LogP contribution in [0.3, 0.4) is 0 Å². The Morgan fingerprint density at radius 2 is 2.06 bits per heavy atom. The molecule has 0 aromatic heterocycles. The van der Waals surface area contributed by atoms with Crippen LogP contribution < -0.4 is 10.1 Å². The van der Waals surface area contributed by atoms with E-state index in [2.05, 4.69) is 11.4 Å². The molecule has 18 heavy (non-hydrogen) atoms. The standard InChI is InChI=1S/C15H19NO2/c1-18-11-6-7-12-13(10-4-2-3-5-10)9-15(17)16-14(12)8-11/h6-8,10,13H,2-5,9H2,1H3,(H,16,17). The summed E-state index contributed by atoms with van der Waals surface area (Å²) in [7, 11) is 1.65. The summed E-state index contributed by atoms with van der Waals surface area (Å²) < 4.78 is 5.22. The van der Waals surface area contributed by atoms with Crippen molar-refractivity contribution in [3.05, 3.63) is 23.8 Å². The average molecular weight is 245 g/mol. The van der Waals surface area contributed by atoms with E-state index in [0.29, 0.717) is 18.3 Å². The molecule has 0 bridgehead atoms. The van der Waals surface area contributed by atoms with Crippen LogP contribution in [0.25, 0.3) is 0 Å². The van der Waals surface area contributed by atoms with Gasteiger partial charge in [0.15, 0.2) is 0 Å². The van der Waals surface area contributed by atoms with Gasteiger partial charge in [0.05, 0.1) is 7.11 Å². The van der Waals surface area contributed by atoms with Crippen LogP contribution in [-0.2, 0) is 4.79 Å². The molecule has 1 heterocycles. The number of carbonyl (C=O) groups is 1. The molecule has 0 saturated heterocycles. The smallest absolute Gasteiger partial charge is 0.225 e. The van der Waals surface area contributed by atoms with E-state index in [1.807, 2.05) is 12.1 Å². The molecule has 1 unspecified atom stereocenters. The molecule has 1 aliphatic carbocycles. The number of anilines is 1. The first kappa shape index (κ1) is 11.6. The van der Waals surface area contributed by atoms with E-state index in [4.69, 9.17) is 4.74 Å². The van der Waals surface area contributed by atoms with E-state index in [1.165, 1.54) is 31.2 Å². The molecule has 1 aliphatic heterocycles. The molecule has 1 saturated carbocycles. The second-order valence-electron chi connectivity index (χ2n) is 5.36. The molecule has 0 radical (unpaired) electrons. The summed E-state index contributed by atoms with van der Waals surface area (Å²) in [5.74, 6) is 2.04. The zero-order valence-corrected chi connectivity index (χ0v) is 10.7. The minimum atomic E-state index is 0.146. The lowest BCUT2D eigenvalue weighted by Crippen LogP contribution is -2.26. The second-order valence-corrected chi connectivity index (χ2v) is 5.36. The average Bonchev–Trinajstić information content (AvgIpc) is 2.90. The predicted molar refractivity (Wildman–Crippen MR) is 70.9 cm³/mol. The zero-order chi connectivity index (χ0) is 12.5. The Kier molecular flexibility index (Phi) is 2.98. The molecule has 1 aromatic rings. The highest BCUT2D eigenvalue weighted by molar-refractivity contribution is 5.95. The van der Waals surface area contributed by atoms with Gasteiger partial charge in [-0.25, -0.2) is 0 Å². The Bertz CT molecular complexity index is 464. The molecule has 2 aliphatic rings. The first-order valence-electron chi connectivity index (χ1n) is 6.75. The molecule has 1 fully saturated rings. The van der Waals surface area contributed by atoms with E-state index in [1.54, 1.807) is 7.11 Å². The fourth-order valence-electron chi connectivity index (χ4n) is 3.39. The van der Waals surface area contributed by atoms with E-state index in [9.17, 15) is 4.79 Å². The van der Waals surface area contributed by atoms with Crippen molar-refractivity contribution in [2.45, 2.75) is 38.0 Å². The van der Waals surface area contributed by atoms with Crippen LogP contribution >= 0.6 is 0 Å². The molecule has 1 aromatic carbocycles. The summed E-state index contributed by atoms with van der Waals surface area (Å²) in [5, 5.41) is 2.97. The molecule has 1 atom stereocenters. The first-order chi connectivity index (χ1) is 8.78. The van der Waals surface area contributed by atoms with E-state index in [0.717, 1.165) is 11.4 Å². The van der Waals surface area contributed by atoms with Crippen molar-refractivity contribution in [1.29, 1.82) is 0 Å². The van der Waals surface area contributed by atoms with Crippen LogP contribution in [0.4, 0.5) is 5.69 Å². The molecule has 0 spiro atoms. The number of ether oxygens (including phenoxy) is 1. The third-order valence-corrected chi connectivity index (χ3v) is 4.31. The van der Waals surface area contributed by atoms with Crippen molar-refractivity contribution < 1.29 is 9.53 Å². The number of nitrogens with one attached hydrogen (secondary N) is 1. The summed E-state index contributed by atoms with van der Waals surface area (Å²) in [6.45, 7) is 0. The Hall–Kier alpha value is -1.51. The van der Waals surface area contributed by atoms with Gasteiger partial charge >= 0.3 is 0 Å². The molecular weight excluding hydrogens is 226 g/mol. The summed E-state index contributed by atoms with van der Waals surface area (Å²) >= 11 is 0. The number of amides is 1. The van der Waals surface area contributed by atoms with Gasteiger partial charge in [-0.2, -0.15) is 0 Å². The number of hydrogen-bond donors (Lipinski definition) is 1. The maximum atomic E-state index is 11.8. The summed E-state index contributed by atoms with van der Waals surface area (Å²) in [6.07, 6.45) is 5.80. The van der Waals surface area contributed by atoms with Gasteiger partial charge in [-0.1, -0.05) is 18.9 Å². The highest BCUT2D eigenvalue weighted by atomic mass is 16.5. The molecule has 3 heteroatoms. The highest BCUT2D eigenvalue weighted by Gasteiger charge is 2.33. The molecule has 1 amide bonds. The van der Waals surface area contributed by atoms with Crippen LogP contribution in [0.5, 0.6) is 5.75 Å². The Labute approximate surface area is 108 Å². The second kappa shape index (κ2) is 4.63. The lowest BCUT2D eigenvalue weighted by atomic mass is 9.79. The molecular formula is C15H19NO2. The quantitative estimate of drug-likeness (QED) is 0.868. The van der Waals surface area contributed by atoms with Crippen LogP contribution in [0.1, 0.15) is 43.6 Å². The maximum absolute atomic E-state index is 11.8. The van der Waals surface area contributed by atoms with E-state index in [-0.39, 0.29) is 5.91 Å². The van der Waals surface area contributed by atoms with E-state index >= 15 is 0 Å². The number of methoxy groups -OCH3 is 1. The van der Waals surface area contributed by atoms with Gasteiger partial charge in [-0.15, -0.1) is 0 Å². The number of hydrogen-bond acceptors (Lipinski definition) is 2. The molecule has 3 nitrogen and oxygen atoms in total. The summed E-state index contributed by atoms with van der Waals surface area (Å²) in [4.78, 5) is 11.8. The van der Waals surface area contributed by atoms with Gasteiger partial charge < -0.3 is 10.1 Å². The van der Waals surface area contributed by atoms with Gasteiger partial charge in [0.1, 0.15) is 5.75 Å². The maximum Gasteiger partial charge on any atom is 0.225 e. The van der Waals surface area contributed by atoms with Crippen molar-refractivity contribution in [2.75, 3.05) is 12.4 Å². The third kappa shape index (κ3) is 1.98. The lowest BCUT2D eigenvalue weighted by Gasteiger charge is -2.30. The van der Waals surface area contributed by atoms with Gasteiger partial charge in [0.2, 0.25) is 5.91 Å². The highest BCUT2D eigenvalue weighted by Crippen LogP contribution is 2.44. The normalized spacial score (nSPS) is 23.6. The fourth-order valence-corrected chi connectivity index (χ4v) is 3.39. The fraction of sp³-hybridized carbons (Fsp3) is 0.533. The predicted octanol–water partition coefficient (Wildman–Crippen LogP) is 3.31. The molecule has 3 rings (SSSR count). The Morgan fingerprint density at radius 3 is 2.78 bits per heavy atom. The van der Waals surface area contributed by atoms with Gasteiger partial charge in [-0.05, 0) is 36.3 Å². The topological polar surface area (TPSA) is 38.3 Å². The van der Waals surface area contributed by atoms with Crippen LogP contribution in [0.15, 0.2) is 18.2 Å². The monoisotopic (exact) mass is 245 g/mol. The first-order valence-corrected chi connectivity index (χ1v) is 6.75. The number of benzene rings is 1. The number of fused-ring (bicyclic) bond motifs is 1. The van der Waals surface area contributed by atoms with Gasteiger partial charge in [-0.3, -0.25) is 4.79 Å². The number of carbonyl (C=O) groups excluding carboxylic acids is 1. The lowest BCUT2D eigenvalue weighted by molar-refractivity contribution is -0.117. The van der Waals surface area contributed by atoms with Gasteiger partial charge in [0.25, 0.3) is 0 Å². The molecule has 1 N–H and O–H groups in total. The summed E-state index contributed by atoms with van der Waals surface area (Å²) in [6, 6.07) is 6.06. The Morgan fingerprint density at radius 1 is 1.28 bits per heavy atom. The van der Waals surface area contributed by atoms with Crippen molar-refractivity contribution >= 4 is 11.6 Å². The molecule has 96 valence electrons. The van der Waals surface area contributed by atoms with Crippen molar-refractivity contribution in [2.24, 2.45) is 5.92 Å². The van der Waals surface area contributed by atoms with Crippen LogP contribution in [0, 0.1) is 5.92 Å². The minimum absolute atomic E-state index is 0.146. The zero-order valence-electron chi connectivity index (χ0n) is 10.7. The SMILES string of the molecule is COc1ccc2c(c1)NC(=O)CC2C1CCCC1. The Balaban J connectivity index is 1.96. The van der Waals surface area contributed by atoms with Crippen LogP contribution in [0.2, 0.25) is 0 Å². The number of rotatable bonds is 2. The van der Waals surface area contributed by atoms with Crippen LogP contribution in [-0.4, -0.2) is 13.0 Å². The largest absolute Gasteiger partial charge is 0.497 e. The van der Waals surface area contributed by atoms with Crippen molar-refractivity contribution in [3.63, 3.8) is 0 Å². The van der Waals surface area contributed by atoms with Crippen molar-refractivity contribution in [1.82, 2.24) is 0 Å². The van der Waals surface area contributed by atoms with Gasteiger partial charge in [0, 0.05) is 18.2 Å². The third-order valence-electron chi connectivity index (χ3n) is 4.31.